The monoisotopic (exact) mass is 374 g/mol. The Balaban J connectivity index is 1.91. The van der Waals surface area contributed by atoms with Crippen molar-refractivity contribution in [2.75, 3.05) is 13.7 Å². The lowest BCUT2D eigenvalue weighted by molar-refractivity contribution is 0.303. The molecule has 0 unspecified atom stereocenters. The summed E-state index contributed by atoms with van der Waals surface area (Å²) in [7, 11) is 1.68. The van der Waals surface area contributed by atoms with Crippen molar-refractivity contribution in [3.63, 3.8) is 0 Å². The molecule has 0 aliphatic carbocycles. The van der Waals surface area contributed by atoms with Crippen molar-refractivity contribution >= 4 is 6.08 Å². The van der Waals surface area contributed by atoms with Gasteiger partial charge in [0.15, 0.2) is 0 Å². The van der Waals surface area contributed by atoms with E-state index in [-0.39, 0.29) is 0 Å². The number of methoxy groups -OCH3 is 1. The molecule has 1 rings (SSSR count). The van der Waals surface area contributed by atoms with Gasteiger partial charge in [-0.25, -0.2) is 0 Å². The molecular weight excluding hydrogens is 332 g/mol. The van der Waals surface area contributed by atoms with Gasteiger partial charge < -0.3 is 9.47 Å². The largest absolute Gasteiger partial charge is 0.497 e. The summed E-state index contributed by atoms with van der Waals surface area (Å²) in [5.74, 6) is 1.74. The molecule has 154 valence electrons. The minimum atomic E-state index is 0.783. The van der Waals surface area contributed by atoms with Gasteiger partial charge in [0.05, 0.1) is 13.7 Å². The Bertz CT molecular complexity index is 481. The number of hydrogen-bond acceptors (Lipinski definition) is 2. The zero-order chi connectivity index (χ0) is 19.6. The summed E-state index contributed by atoms with van der Waals surface area (Å²) < 4.78 is 11.1. The first-order valence-electron chi connectivity index (χ1n) is 11.2. The zero-order valence-corrected chi connectivity index (χ0v) is 17.9. The van der Waals surface area contributed by atoms with Crippen molar-refractivity contribution in [2.24, 2.45) is 0 Å². The van der Waals surface area contributed by atoms with Crippen LogP contribution in [0.15, 0.2) is 24.8 Å². The van der Waals surface area contributed by atoms with E-state index in [0.29, 0.717) is 0 Å². The first kappa shape index (κ1) is 23.6. The second-order valence-corrected chi connectivity index (χ2v) is 7.55. The van der Waals surface area contributed by atoms with Gasteiger partial charge >= 0.3 is 0 Å². The number of ether oxygens (including phenoxy) is 2. The number of unbranched alkanes of at least 4 members (excludes halogenated alkanes) is 13. The number of rotatable bonds is 18. The van der Waals surface area contributed by atoms with Crippen molar-refractivity contribution in [1.82, 2.24) is 0 Å². The Kier molecular flexibility index (Phi) is 14.6. The fourth-order valence-electron chi connectivity index (χ4n) is 3.42. The highest BCUT2D eigenvalue weighted by atomic mass is 16.5. The quantitative estimate of drug-likeness (QED) is 0.241. The molecule has 0 N–H and O–H groups in total. The smallest absolute Gasteiger partial charge is 0.126 e. The molecule has 0 saturated heterocycles. The molecule has 0 saturated carbocycles. The molecule has 1 aromatic carbocycles. The third-order valence-electron chi connectivity index (χ3n) is 5.19. The van der Waals surface area contributed by atoms with E-state index in [1.165, 1.54) is 83.5 Å². The van der Waals surface area contributed by atoms with Crippen LogP contribution in [0.3, 0.4) is 0 Å². The highest BCUT2D eigenvalue weighted by Gasteiger charge is 2.03. The van der Waals surface area contributed by atoms with Gasteiger partial charge in [-0.05, 0) is 24.6 Å². The Hall–Kier alpha value is -1.44. The fraction of sp³-hybridized carbons (Fsp3) is 0.680. The lowest BCUT2D eigenvalue weighted by Crippen LogP contribution is -1.99. The molecule has 0 heterocycles. The second kappa shape index (κ2) is 16.7. The van der Waals surface area contributed by atoms with Crippen LogP contribution in [0.25, 0.3) is 6.08 Å². The van der Waals surface area contributed by atoms with E-state index in [2.05, 4.69) is 13.5 Å². The molecule has 0 fully saturated rings. The van der Waals surface area contributed by atoms with E-state index >= 15 is 0 Å². The zero-order valence-electron chi connectivity index (χ0n) is 17.9. The summed E-state index contributed by atoms with van der Waals surface area (Å²) in [5, 5.41) is 0. The van der Waals surface area contributed by atoms with Crippen LogP contribution in [-0.4, -0.2) is 13.7 Å². The lowest BCUT2D eigenvalue weighted by Gasteiger charge is -2.10. The topological polar surface area (TPSA) is 18.5 Å². The molecule has 0 spiro atoms. The third-order valence-corrected chi connectivity index (χ3v) is 5.19. The van der Waals surface area contributed by atoms with Crippen molar-refractivity contribution < 1.29 is 9.47 Å². The first-order chi connectivity index (χ1) is 13.3. The number of benzene rings is 1. The van der Waals surface area contributed by atoms with Crippen LogP contribution in [0.4, 0.5) is 0 Å². The molecule has 2 nitrogen and oxygen atoms in total. The van der Waals surface area contributed by atoms with Crippen molar-refractivity contribution in [1.29, 1.82) is 0 Å². The lowest BCUT2D eigenvalue weighted by atomic mass is 10.0. The average molecular weight is 375 g/mol. The summed E-state index contributed by atoms with van der Waals surface area (Å²) in [6.45, 7) is 6.92. The standard InChI is InChI=1S/C25H42O2/c1-4-6-7-8-9-10-11-12-13-14-15-16-17-18-21-27-25-20-19-24(26-3)22-23(25)5-2/h5,19-20,22H,2,4,6-18,21H2,1,3H3. The molecule has 0 aliphatic heterocycles. The van der Waals surface area contributed by atoms with E-state index in [0.717, 1.165) is 30.1 Å². The maximum Gasteiger partial charge on any atom is 0.126 e. The second-order valence-electron chi connectivity index (χ2n) is 7.55. The fourth-order valence-corrected chi connectivity index (χ4v) is 3.42. The Labute approximate surface area is 168 Å². The SMILES string of the molecule is C=Cc1cc(OC)ccc1OCCCCCCCCCCCCCCCC. The van der Waals surface area contributed by atoms with Crippen molar-refractivity contribution in [2.45, 2.75) is 96.8 Å². The van der Waals surface area contributed by atoms with Gasteiger partial charge in [0.25, 0.3) is 0 Å². The average Bonchev–Trinajstić information content (AvgIpc) is 2.70. The molecule has 0 bridgehead atoms. The molecule has 2 heteroatoms. The van der Waals surface area contributed by atoms with Gasteiger partial charge in [0, 0.05) is 5.56 Å². The minimum Gasteiger partial charge on any atom is -0.497 e. The Morgan fingerprint density at radius 3 is 1.78 bits per heavy atom. The molecule has 27 heavy (non-hydrogen) atoms. The summed E-state index contributed by atoms with van der Waals surface area (Å²) >= 11 is 0. The summed E-state index contributed by atoms with van der Waals surface area (Å²) in [6.07, 6.45) is 21.1. The highest BCUT2D eigenvalue weighted by Crippen LogP contribution is 2.25. The minimum absolute atomic E-state index is 0.783. The van der Waals surface area contributed by atoms with E-state index in [9.17, 15) is 0 Å². The van der Waals surface area contributed by atoms with Crippen LogP contribution in [0.5, 0.6) is 11.5 Å². The summed E-state index contributed by atoms with van der Waals surface area (Å²) in [6, 6.07) is 5.88. The third kappa shape index (κ3) is 11.8. The summed E-state index contributed by atoms with van der Waals surface area (Å²) in [5.41, 5.74) is 1.000. The Morgan fingerprint density at radius 1 is 0.778 bits per heavy atom. The van der Waals surface area contributed by atoms with E-state index in [4.69, 9.17) is 9.47 Å². The van der Waals surface area contributed by atoms with Gasteiger partial charge in [-0.3, -0.25) is 0 Å². The van der Waals surface area contributed by atoms with Gasteiger partial charge in [0.1, 0.15) is 11.5 Å². The molecular formula is C25H42O2. The highest BCUT2D eigenvalue weighted by molar-refractivity contribution is 5.58. The first-order valence-corrected chi connectivity index (χ1v) is 11.2. The molecule has 1 aromatic rings. The predicted octanol–water partition coefficient (Wildman–Crippen LogP) is 8.20. The molecule has 0 atom stereocenters. The van der Waals surface area contributed by atoms with Crippen LogP contribution in [0, 0.1) is 0 Å². The van der Waals surface area contributed by atoms with Crippen LogP contribution >= 0.6 is 0 Å². The molecule has 0 aromatic heterocycles. The Morgan fingerprint density at radius 2 is 1.30 bits per heavy atom. The van der Waals surface area contributed by atoms with Crippen molar-refractivity contribution in [3.8, 4) is 11.5 Å². The number of hydrogen-bond donors (Lipinski definition) is 0. The van der Waals surface area contributed by atoms with Gasteiger partial charge in [-0.2, -0.15) is 0 Å². The van der Waals surface area contributed by atoms with Crippen LogP contribution < -0.4 is 9.47 Å². The van der Waals surface area contributed by atoms with Gasteiger partial charge in [0.2, 0.25) is 0 Å². The van der Waals surface area contributed by atoms with E-state index in [1.807, 2.05) is 24.3 Å². The maximum atomic E-state index is 5.91. The van der Waals surface area contributed by atoms with Crippen LogP contribution in [0.2, 0.25) is 0 Å². The van der Waals surface area contributed by atoms with Crippen LogP contribution in [0.1, 0.15) is 102 Å². The molecule has 0 aliphatic rings. The summed E-state index contributed by atoms with van der Waals surface area (Å²) in [4.78, 5) is 0. The van der Waals surface area contributed by atoms with Crippen molar-refractivity contribution in [3.05, 3.63) is 30.3 Å². The van der Waals surface area contributed by atoms with Crippen LogP contribution in [-0.2, 0) is 0 Å². The van der Waals surface area contributed by atoms with E-state index in [1.54, 1.807) is 7.11 Å². The van der Waals surface area contributed by atoms with Gasteiger partial charge in [-0.15, -0.1) is 0 Å². The molecule has 0 amide bonds. The van der Waals surface area contributed by atoms with E-state index < -0.39 is 0 Å². The van der Waals surface area contributed by atoms with Gasteiger partial charge in [-0.1, -0.05) is 103 Å². The normalized spacial score (nSPS) is 10.7. The molecule has 0 radical (unpaired) electrons. The maximum absolute atomic E-state index is 5.91. The predicted molar refractivity (Wildman–Crippen MR) is 119 cm³/mol.